The molecular formula is C23H28N6O3. The van der Waals surface area contributed by atoms with Crippen LogP contribution in [0.3, 0.4) is 0 Å². The molecule has 32 heavy (non-hydrogen) atoms. The van der Waals surface area contributed by atoms with Crippen LogP contribution in [0.25, 0.3) is 5.69 Å². The van der Waals surface area contributed by atoms with Crippen molar-refractivity contribution in [2.75, 3.05) is 38.0 Å². The van der Waals surface area contributed by atoms with Crippen LogP contribution in [0.15, 0.2) is 41.1 Å². The molecule has 0 aliphatic carbocycles. The van der Waals surface area contributed by atoms with E-state index in [4.69, 9.17) is 4.52 Å². The maximum Gasteiger partial charge on any atom is 0.257 e. The zero-order chi connectivity index (χ0) is 22.7. The van der Waals surface area contributed by atoms with Crippen molar-refractivity contribution < 1.29 is 14.1 Å². The second kappa shape index (κ2) is 9.35. The molecule has 1 aromatic carbocycles. The Morgan fingerprint density at radius 1 is 1.09 bits per heavy atom. The van der Waals surface area contributed by atoms with Crippen molar-refractivity contribution in [2.24, 2.45) is 0 Å². The van der Waals surface area contributed by atoms with Crippen LogP contribution in [-0.4, -0.2) is 69.3 Å². The third kappa shape index (κ3) is 4.72. The lowest BCUT2D eigenvalue weighted by Crippen LogP contribution is -2.50. The Hall–Kier alpha value is -3.46. The van der Waals surface area contributed by atoms with E-state index in [1.165, 1.54) is 5.56 Å². The SMILES string of the molecule is CCc1c(C(=O)N2CCN(CC(=O)Nc3cc(C)on3)CC2)cnn1-c1ccc(C)cc1. The van der Waals surface area contributed by atoms with Crippen LogP contribution in [0.4, 0.5) is 5.82 Å². The number of hydrogen-bond acceptors (Lipinski definition) is 6. The molecule has 1 N–H and O–H groups in total. The highest BCUT2D eigenvalue weighted by molar-refractivity contribution is 5.95. The Labute approximate surface area is 187 Å². The molecule has 2 amide bonds. The average Bonchev–Trinajstić information content (AvgIpc) is 3.40. The summed E-state index contributed by atoms with van der Waals surface area (Å²) in [6.07, 6.45) is 2.37. The van der Waals surface area contributed by atoms with E-state index in [1.807, 2.05) is 52.6 Å². The first-order valence-corrected chi connectivity index (χ1v) is 10.8. The number of carbonyl (C=O) groups excluding carboxylic acids is 2. The molecule has 168 valence electrons. The molecule has 1 saturated heterocycles. The van der Waals surface area contributed by atoms with Gasteiger partial charge in [-0.25, -0.2) is 4.68 Å². The van der Waals surface area contributed by atoms with Gasteiger partial charge in [-0.05, 0) is 32.4 Å². The molecule has 3 aromatic rings. The first kappa shape index (κ1) is 21.8. The summed E-state index contributed by atoms with van der Waals surface area (Å²) < 4.78 is 6.81. The zero-order valence-corrected chi connectivity index (χ0v) is 18.7. The predicted octanol–water partition coefficient (Wildman–Crippen LogP) is 2.44. The molecule has 0 spiro atoms. The first-order chi connectivity index (χ1) is 15.4. The van der Waals surface area contributed by atoms with Gasteiger partial charge in [-0.15, -0.1) is 0 Å². The van der Waals surface area contributed by atoms with Gasteiger partial charge in [0, 0.05) is 32.2 Å². The molecule has 0 atom stereocenters. The lowest BCUT2D eigenvalue weighted by molar-refractivity contribution is -0.117. The Balaban J connectivity index is 1.36. The van der Waals surface area contributed by atoms with Gasteiger partial charge in [0.25, 0.3) is 5.91 Å². The van der Waals surface area contributed by atoms with Gasteiger partial charge < -0.3 is 14.7 Å². The van der Waals surface area contributed by atoms with Crippen LogP contribution in [0.5, 0.6) is 0 Å². The summed E-state index contributed by atoms with van der Waals surface area (Å²) in [6, 6.07) is 9.78. The molecule has 1 aliphatic rings. The highest BCUT2D eigenvalue weighted by atomic mass is 16.5. The van der Waals surface area contributed by atoms with Gasteiger partial charge in [0.1, 0.15) is 5.76 Å². The van der Waals surface area contributed by atoms with Crippen molar-refractivity contribution in [1.82, 2.24) is 24.7 Å². The number of aromatic nitrogens is 3. The third-order valence-electron chi connectivity index (χ3n) is 5.63. The maximum absolute atomic E-state index is 13.2. The molecule has 4 rings (SSSR count). The van der Waals surface area contributed by atoms with Gasteiger partial charge in [0.15, 0.2) is 5.82 Å². The smallest absolute Gasteiger partial charge is 0.257 e. The Bertz CT molecular complexity index is 1090. The largest absolute Gasteiger partial charge is 0.360 e. The number of piperazine rings is 1. The predicted molar refractivity (Wildman–Crippen MR) is 120 cm³/mol. The average molecular weight is 437 g/mol. The summed E-state index contributed by atoms with van der Waals surface area (Å²) in [4.78, 5) is 29.3. The van der Waals surface area contributed by atoms with Crippen molar-refractivity contribution in [1.29, 1.82) is 0 Å². The molecule has 0 unspecified atom stereocenters. The molecule has 9 heteroatoms. The number of benzene rings is 1. The van der Waals surface area contributed by atoms with Crippen LogP contribution in [-0.2, 0) is 11.2 Å². The van der Waals surface area contributed by atoms with E-state index >= 15 is 0 Å². The maximum atomic E-state index is 13.2. The van der Waals surface area contributed by atoms with Crippen molar-refractivity contribution in [2.45, 2.75) is 27.2 Å². The molecule has 1 aliphatic heterocycles. The topological polar surface area (TPSA) is 96.5 Å². The van der Waals surface area contributed by atoms with Crippen molar-refractivity contribution in [3.8, 4) is 5.69 Å². The highest BCUT2D eigenvalue weighted by Gasteiger charge is 2.26. The quantitative estimate of drug-likeness (QED) is 0.638. The fourth-order valence-electron chi connectivity index (χ4n) is 3.89. The normalized spacial score (nSPS) is 14.5. The number of rotatable bonds is 6. The second-order valence-corrected chi connectivity index (χ2v) is 8.05. The summed E-state index contributed by atoms with van der Waals surface area (Å²) in [5.74, 6) is 0.900. The Kier molecular flexibility index (Phi) is 6.36. The summed E-state index contributed by atoms with van der Waals surface area (Å²) in [6.45, 7) is 8.48. The van der Waals surface area contributed by atoms with Crippen LogP contribution in [0.2, 0.25) is 0 Å². The molecule has 0 radical (unpaired) electrons. The van der Waals surface area contributed by atoms with E-state index in [0.29, 0.717) is 49.7 Å². The number of nitrogens with one attached hydrogen (secondary N) is 1. The fraction of sp³-hybridized carbons (Fsp3) is 0.391. The zero-order valence-electron chi connectivity index (χ0n) is 18.7. The number of amides is 2. The molecule has 3 heterocycles. The number of nitrogens with zero attached hydrogens (tertiary/aromatic N) is 5. The second-order valence-electron chi connectivity index (χ2n) is 8.05. The Morgan fingerprint density at radius 2 is 1.81 bits per heavy atom. The van der Waals surface area contributed by atoms with Gasteiger partial charge in [-0.3, -0.25) is 14.5 Å². The lowest BCUT2D eigenvalue weighted by atomic mass is 10.1. The van der Waals surface area contributed by atoms with Crippen LogP contribution < -0.4 is 5.32 Å². The van der Waals surface area contributed by atoms with Crippen LogP contribution in [0, 0.1) is 13.8 Å². The minimum Gasteiger partial charge on any atom is -0.360 e. The van der Waals surface area contributed by atoms with Crippen molar-refractivity contribution in [3.63, 3.8) is 0 Å². The summed E-state index contributed by atoms with van der Waals surface area (Å²) in [5.41, 5.74) is 3.67. The molecule has 2 aromatic heterocycles. The van der Waals surface area contributed by atoms with E-state index in [2.05, 4.69) is 15.6 Å². The molecule has 9 nitrogen and oxygen atoms in total. The number of anilines is 1. The molecule has 0 saturated carbocycles. The minimum atomic E-state index is -0.147. The third-order valence-corrected chi connectivity index (χ3v) is 5.63. The summed E-state index contributed by atoms with van der Waals surface area (Å²) in [5, 5.41) is 11.0. The standard InChI is InChI=1S/C23H28N6O3/c1-4-20-19(14-24-29(20)18-7-5-16(2)6-8-18)23(31)28-11-9-27(10-12-28)15-22(30)25-21-13-17(3)32-26-21/h5-8,13-14H,4,9-12,15H2,1-3H3,(H,25,26,30). The van der Waals surface area contributed by atoms with Crippen molar-refractivity contribution in [3.05, 3.63) is 59.1 Å². The number of aryl methyl sites for hydroxylation is 2. The van der Waals surface area contributed by atoms with Crippen LogP contribution >= 0.6 is 0 Å². The van der Waals surface area contributed by atoms with E-state index in [1.54, 1.807) is 19.2 Å². The molecular weight excluding hydrogens is 408 g/mol. The monoisotopic (exact) mass is 436 g/mol. The minimum absolute atomic E-state index is 0.0117. The summed E-state index contributed by atoms with van der Waals surface area (Å²) >= 11 is 0. The van der Waals surface area contributed by atoms with Gasteiger partial charge in [0.2, 0.25) is 5.91 Å². The Morgan fingerprint density at radius 3 is 2.44 bits per heavy atom. The van der Waals surface area contributed by atoms with E-state index < -0.39 is 0 Å². The number of hydrogen-bond donors (Lipinski definition) is 1. The molecule has 0 bridgehead atoms. The van der Waals surface area contributed by atoms with Crippen molar-refractivity contribution >= 4 is 17.6 Å². The van der Waals surface area contributed by atoms with Gasteiger partial charge in [0.05, 0.1) is 29.7 Å². The summed E-state index contributed by atoms with van der Waals surface area (Å²) in [7, 11) is 0. The van der Waals surface area contributed by atoms with Gasteiger partial charge in [-0.2, -0.15) is 5.10 Å². The van der Waals surface area contributed by atoms with Gasteiger partial charge in [-0.1, -0.05) is 29.8 Å². The van der Waals surface area contributed by atoms with Crippen LogP contribution in [0.1, 0.15) is 34.3 Å². The van der Waals surface area contributed by atoms with Gasteiger partial charge >= 0.3 is 0 Å². The first-order valence-electron chi connectivity index (χ1n) is 10.8. The highest BCUT2D eigenvalue weighted by Crippen LogP contribution is 2.19. The van der Waals surface area contributed by atoms with E-state index in [0.717, 1.165) is 11.4 Å². The number of carbonyl (C=O) groups is 2. The molecule has 1 fully saturated rings. The van der Waals surface area contributed by atoms with E-state index in [9.17, 15) is 9.59 Å². The lowest BCUT2D eigenvalue weighted by Gasteiger charge is -2.34. The fourth-order valence-corrected chi connectivity index (χ4v) is 3.89. The van der Waals surface area contributed by atoms with E-state index in [-0.39, 0.29) is 18.4 Å².